The zero-order valence-electron chi connectivity index (χ0n) is 20.1. The van der Waals surface area contributed by atoms with Crippen LogP contribution in [0.5, 0.6) is 0 Å². The molecule has 7 nitrogen and oxygen atoms in total. The third-order valence-electron chi connectivity index (χ3n) is 5.42. The lowest BCUT2D eigenvalue weighted by Crippen LogP contribution is -2.30. The van der Waals surface area contributed by atoms with Crippen LogP contribution in [0.4, 0.5) is 10.1 Å². The van der Waals surface area contributed by atoms with Crippen molar-refractivity contribution in [3.63, 3.8) is 0 Å². The van der Waals surface area contributed by atoms with Gasteiger partial charge in [-0.15, -0.1) is 22.7 Å². The summed E-state index contributed by atoms with van der Waals surface area (Å²) in [5.41, 5.74) is 5.20. The van der Waals surface area contributed by atoms with Crippen LogP contribution in [0.2, 0.25) is 10.2 Å². The Morgan fingerprint density at radius 2 is 1.84 bits per heavy atom. The molecule has 0 spiro atoms. The molecule has 2 amide bonds. The van der Waals surface area contributed by atoms with E-state index in [0.29, 0.717) is 37.1 Å². The van der Waals surface area contributed by atoms with Crippen LogP contribution < -0.4 is 10.2 Å². The molecule has 12 heteroatoms. The topological polar surface area (TPSA) is 88.1 Å². The highest BCUT2D eigenvalue weighted by Crippen LogP contribution is 2.31. The number of anilines is 1. The normalized spacial score (nSPS) is 10.6. The lowest BCUT2D eigenvalue weighted by molar-refractivity contribution is 0.0964. The highest BCUT2D eigenvalue weighted by atomic mass is 35.5. The first-order valence-corrected chi connectivity index (χ1v) is 13.6. The minimum atomic E-state index is -0.458. The summed E-state index contributed by atoms with van der Waals surface area (Å²) in [4.78, 5) is 38.9. The predicted octanol–water partition coefficient (Wildman–Crippen LogP) is 6.80. The standard InChI is InChI=1S/C21H14Cl2FN3OS.C5H6N2OS/c1-12-19(29-11-26-12)21(28)27(15-5-2-4-14(22)8-15)10-13-9-25-20(23)18-16(13)6-3-7-17(18)24;1-6-5(8)4-2-7-3-9-4/h2-9,11H,10H2,1H3;2-3H,1H3,(H,6,8). The number of pyridine rings is 1. The maximum Gasteiger partial charge on any atom is 0.270 e. The molecule has 0 atom stereocenters. The molecule has 0 fully saturated rings. The number of nitrogens with zero attached hydrogens (tertiary/aromatic N) is 4. The summed E-state index contributed by atoms with van der Waals surface area (Å²) in [5, 5.41) is 3.93. The number of fused-ring (bicyclic) bond motifs is 1. The lowest BCUT2D eigenvalue weighted by Gasteiger charge is -2.23. The van der Waals surface area contributed by atoms with Gasteiger partial charge in [-0.05, 0) is 42.1 Å². The number of carbonyl (C=O) groups is 2. The number of aryl methyl sites for hydroxylation is 1. The molecule has 0 bridgehead atoms. The zero-order chi connectivity index (χ0) is 27.2. The van der Waals surface area contributed by atoms with Crippen LogP contribution in [0, 0.1) is 12.7 Å². The lowest BCUT2D eigenvalue weighted by atomic mass is 10.1. The number of benzene rings is 2. The van der Waals surface area contributed by atoms with Gasteiger partial charge >= 0.3 is 0 Å². The monoisotopic (exact) mass is 587 g/mol. The Balaban J connectivity index is 0.000000317. The molecule has 1 N–H and O–H groups in total. The quantitative estimate of drug-likeness (QED) is 0.228. The minimum absolute atomic E-state index is 0.0718. The van der Waals surface area contributed by atoms with Gasteiger partial charge in [-0.3, -0.25) is 14.6 Å². The van der Waals surface area contributed by atoms with E-state index in [2.05, 4.69) is 20.3 Å². The second-order valence-corrected chi connectivity index (χ2v) is 10.4. The van der Waals surface area contributed by atoms with Gasteiger partial charge in [0.15, 0.2) is 0 Å². The van der Waals surface area contributed by atoms with E-state index in [-0.39, 0.29) is 28.9 Å². The Hall–Kier alpha value is -3.44. The number of nitrogens with one attached hydrogen (secondary N) is 1. The molecular formula is C26H20Cl2FN5O2S2. The number of hydrogen-bond donors (Lipinski definition) is 1. The fourth-order valence-corrected chi connectivity index (χ4v) is 5.31. The van der Waals surface area contributed by atoms with Gasteiger partial charge in [0.05, 0.1) is 34.8 Å². The van der Waals surface area contributed by atoms with Crippen molar-refractivity contribution in [2.45, 2.75) is 13.5 Å². The Morgan fingerprint density at radius 1 is 1.05 bits per heavy atom. The van der Waals surface area contributed by atoms with E-state index in [1.807, 2.05) is 0 Å². The number of thiazole rings is 2. The number of halogens is 3. The maximum absolute atomic E-state index is 14.3. The number of hydrogen-bond acceptors (Lipinski definition) is 7. The molecule has 194 valence electrons. The minimum Gasteiger partial charge on any atom is -0.354 e. The van der Waals surface area contributed by atoms with E-state index in [1.165, 1.54) is 28.7 Å². The number of amides is 2. The van der Waals surface area contributed by atoms with Crippen LogP contribution in [-0.4, -0.2) is 33.8 Å². The molecule has 0 radical (unpaired) electrons. The van der Waals surface area contributed by atoms with E-state index in [4.69, 9.17) is 23.2 Å². The maximum atomic E-state index is 14.3. The molecule has 0 saturated heterocycles. The van der Waals surface area contributed by atoms with Crippen LogP contribution in [-0.2, 0) is 6.54 Å². The van der Waals surface area contributed by atoms with Crippen molar-refractivity contribution >= 4 is 74.1 Å². The van der Waals surface area contributed by atoms with Crippen LogP contribution in [0.25, 0.3) is 10.8 Å². The van der Waals surface area contributed by atoms with Gasteiger partial charge in [-0.1, -0.05) is 41.4 Å². The Labute approximate surface area is 235 Å². The van der Waals surface area contributed by atoms with Crippen molar-refractivity contribution in [3.05, 3.63) is 103 Å². The molecular weight excluding hydrogens is 568 g/mol. The molecule has 0 aliphatic heterocycles. The van der Waals surface area contributed by atoms with E-state index >= 15 is 0 Å². The summed E-state index contributed by atoms with van der Waals surface area (Å²) in [6.45, 7) is 1.95. The van der Waals surface area contributed by atoms with Gasteiger partial charge in [0.2, 0.25) is 0 Å². The summed E-state index contributed by atoms with van der Waals surface area (Å²) >= 11 is 14.9. The van der Waals surface area contributed by atoms with E-state index < -0.39 is 5.82 Å². The fraction of sp³-hybridized carbons (Fsp3) is 0.115. The van der Waals surface area contributed by atoms with Crippen LogP contribution in [0.3, 0.4) is 0 Å². The van der Waals surface area contributed by atoms with Crippen molar-refractivity contribution in [3.8, 4) is 0 Å². The predicted molar refractivity (Wildman–Crippen MR) is 151 cm³/mol. The Bertz CT molecular complexity index is 1590. The average molecular weight is 589 g/mol. The first-order chi connectivity index (χ1) is 18.3. The molecule has 0 aliphatic rings. The van der Waals surface area contributed by atoms with Gasteiger partial charge < -0.3 is 10.2 Å². The first-order valence-electron chi connectivity index (χ1n) is 11.1. The van der Waals surface area contributed by atoms with Crippen molar-refractivity contribution in [2.24, 2.45) is 0 Å². The first kappa shape index (κ1) is 27.6. The van der Waals surface area contributed by atoms with E-state index in [0.717, 1.165) is 0 Å². The highest BCUT2D eigenvalue weighted by molar-refractivity contribution is 7.12. The molecule has 3 heterocycles. The number of rotatable bonds is 5. The van der Waals surface area contributed by atoms with Crippen molar-refractivity contribution in [1.29, 1.82) is 0 Å². The summed E-state index contributed by atoms with van der Waals surface area (Å²) in [7, 11) is 1.60. The van der Waals surface area contributed by atoms with Crippen molar-refractivity contribution < 1.29 is 14.0 Å². The third-order valence-corrected chi connectivity index (χ3v) is 7.63. The fourth-order valence-electron chi connectivity index (χ4n) is 3.57. The zero-order valence-corrected chi connectivity index (χ0v) is 23.3. The smallest absolute Gasteiger partial charge is 0.270 e. The molecule has 38 heavy (non-hydrogen) atoms. The third kappa shape index (κ3) is 6.16. The van der Waals surface area contributed by atoms with Gasteiger partial charge in [0.1, 0.15) is 20.7 Å². The summed E-state index contributed by atoms with van der Waals surface area (Å²) in [5.74, 6) is -0.745. The summed E-state index contributed by atoms with van der Waals surface area (Å²) < 4.78 is 14.3. The van der Waals surface area contributed by atoms with Gasteiger partial charge in [0, 0.05) is 24.0 Å². The van der Waals surface area contributed by atoms with E-state index in [1.54, 1.807) is 78.7 Å². The second kappa shape index (κ2) is 12.4. The van der Waals surface area contributed by atoms with Crippen molar-refractivity contribution in [1.82, 2.24) is 20.3 Å². The highest BCUT2D eigenvalue weighted by Gasteiger charge is 2.23. The molecule has 0 saturated carbocycles. The van der Waals surface area contributed by atoms with Crippen LogP contribution >= 0.6 is 45.9 Å². The van der Waals surface area contributed by atoms with Gasteiger partial charge in [-0.2, -0.15) is 0 Å². The molecule has 5 rings (SSSR count). The SMILES string of the molecule is CNC(=O)c1cncs1.Cc1ncsc1C(=O)N(Cc1cnc(Cl)c2c(F)cccc12)c1cccc(Cl)c1. The molecule has 2 aromatic carbocycles. The molecule has 0 aliphatic carbocycles. The number of carbonyl (C=O) groups excluding carboxylic acids is 2. The van der Waals surface area contributed by atoms with Crippen LogP contribution in [0.15, 0.2) is 65.9 Å². The average Bonchev–Trinajstić information content (AvgIpc) is 3.60. The second-order valence-electron chi connectivity index (χ2n) is 7.82. The largest absolute Gasteiger partial charge is 0.354 e. The summed E-state index contributed by atoms with van der Waals surface area (Å²) in [6, 6.07) is 11.7. The Morgan fingerprint density at radius 3 is 2.50 bits per heavy atom. The van der Waals surface area contributed by atoms with Gasteiger partial charge in [0.25, 0.3) is 11.8 Å². The molecule has 0 unspecified atom stereocenters. The number of aromatic nitrogens is 3. The van der Waals surface area contributed by atoms with Crippen LogP contribution in [0.1, 0.15) is 30.6 Å². The van der Waals surface area contributed by atoms with Crippen molar-refractivity contribution in [2.75, 3.05) is 11.9 Å². The van der Waals surface area contributed by atoms with E-state index in [9.17, 15) is 14.0 Å². The summed E-state index contributed by atoms with van der Waals surface area (Å²) in [6.07, 6.45) is 3.11. The Kier molecular flexibility index (Phi) is 9.01. The van der Waals surface area contributed by atoms with Gasteiger partial charge in [-0.25, -0.2) is 14.4 Å². The molecule has 3 aromatic heterocycles. The molecule has 5 aromatic rings.